The maximum Gasteiger partial charge on any atom is 0.0945 e. The number of hydrogen-bond acceptors (Lipinski definition) is 3. The molecule has 0 saturated carbocycles. The van der Waals surface area contributed by atoms with Crippen LogP contribution in [0.5, 0.6) is 0 Å². The van der Waals surface area contributed by atoms with Crippen molar-refractivity contribution in [2.75, 3.05) is 5.75 Å². The minimum atomic E-state index is -3.97. The van der Waals surface area contributed by atoms with Crippen LogP contribution in [0.4, 0.5) is 0 Å². The van der Waals surface area contributed by atoms with E-state index >= 15 is 0 Å². The van der Waals surface area contributed by atoms with Gasteiger partial charge in [0.1, 0.15) is 0 Å². The lowest BCUT2D eigenvalue weighted by molar-refractivity contribution is 0.459. The van der Waals surface area contributed by atoms with Crippen molar-refractivity contribution in [2.24, 2.45) is 0 Å². The second-order valence-electron chi connectivity index (χ2n) is 3.38. The Bertz CT molecular complexity index is 202. The lowest BCUT2D eigenvalue weighted by Crippen LogP contribution is -2.03. The molecule has 0 heterocycles. The number of hydrogen-bond donors (Lipinski definition) is 1. The van der Waals surface area contributed by atoms with Gasteiger partial charge in [-0.05, 0) is 6.42 Å². The van der Waals surface area contributed by atoms with Crippen molar-refractivity contribution in [2.45, 2.75) is 51.9 Å². The maximum atomic E-state index is 10.2. The Hall–Kier alpha value is -0.130. The maximum absolute atomic E-state index is 10.2. The van der Waals surface area contributed by atoms with Crippen LogP contribution in [0.15, 0.2) is 0 Å². The normalized spacial score (nSPS) is 11.0. The molecular weight excluding hydrogens is 202 g/mol. The molecule has 0 atom stereocenters. The molecule has 0 aliphatic carbocycles. The van der Waals surface area contributed by atoms with Crippen molar-refractivity contribution in [3.63, 3.8) is 0 Å². The lowest BCUT2D eigenvalue weighted by atomic mass is 10.1. The molecule has 0 radical (unpaired) electrons. The summed E-state index contributed by atoms with van der Waals surface area (Å²) in [5.74, 6) is -0.194. The molecule has 88 valence electrons. The van der Waals surface area contributed by atoms with Gasteiger partial charge in [-0.3, -0.25) is 0 Å². The first-order valence-electron chi connectivity index (χ1n) is 5.00. The molecule has 0 aromatic heterocycles. The first-order valence-corrected chi connectivity index (χ1v) is 6.57. The molecule has 0 fully saturated rings. The molecule has 0 unspecified atom stereocenters. The molecule has 14 heavy (non-hydrogen) atoms. The topological polar surface area (TPSA) is 93.7 Å². The molecular formula is C9H23NO3S. The summed E-state index contributed by atoms with van der Waals surface area (Å²) in [5.41, 5.74) is 0. The monoisotopic (exact) mass is 225 g/mol. The van der Waals surface area contributed by atoms with E-state index in [1.165, 1.54) is 19.3 Å². The third-order valence-corrected chi connectivity index (χ3v) is 2.79. The smallest absolute Gasteiger partial charge is 0.0945 e. The van der Waals surface area contributed by atoms with Crippen LogP contribution in [0, 0.1) is 0 Å². The predicted octanol–water partition coefficient (Wildman–Crippen LogP) is 2.66. The summed E-state index contributed by atoms with van der Waals surface area (Å²) < 4.78 is 30.6. The summed E-state index contributed by atoms with van der Waals surface area (Å²) in [6.07, 6.45) is 7.29. The van der Waals surface area contributed by atoms with E-state index in [9.17, 15) is 13.0 Å². The average Bonchev–Trinajstić information content (AvgIpc) is 2.01. The minimum Gasteiger partial charge on any atom is -0.748 e. The fourth-order valence-corrected chi connectivity index (χ4v) is 1.79. The van der Waals surface area contributed by atoms with Crippen LogP contribution in [0.3, 0.4) is 0 Å². The molecule has 0 aromatic carbocycles. The van der Waals surface area contributed by atoms with Crippen molar-refractivity contribution in [1.29, 1.82) is 0 Å². The SMILES string of the molecule is CCCCCCCCCS(=O)(=O)[O-].[NH4+]. The summed E-state index contributed by atoms with van der Waals surface area (Å²) in [6, 6.07) is 0. The fourth-order valence-electron chi connectivity index (χ4n) is 1.24. The summed E-state index contributed by atoms with van der Waals surface area (Å²) in [7, 11) is -3.97. The first kappa shape index (κ1) is 16.3. The Morgan fingerprint density at radius 2 is 1.36 bits per heavy atom. The van der Waals surface area contributed by atoms with Gasteiger partial charge in [-0.2, -0.15) is 0 Å². The van der Waals surface area contributed by atoms with E-state index in [0.29, 0.717) is 6.42 Å². The number of rotatable bonds is 8. The van der Waals surface area contributed by atoms with Crippen LogP contribution in [-0.2, 0) is 10.1 Å². The Morgan fingerprint density at radius 1 is 0.929 bits per heavy atom. The van der Waals surface area contributed by atoms with Gasteiger partial charge in [0.15, 0.2) is 0 Å². The molecule has 0 aromatic rings. The number of unbranched alkanes of at least 4 members (excludes halogenated alkanes) is 6. The second-order valence-corrected chi connectivity index (χ2v) is 4.91. The minimum absolute atomic E-state index is 0. The largest absolute Gasteiger partial charge is 0.748 e. The fraction of sp³-hybridized carbons (Fsp3) is 1.00. The van der Waals surface area contributed by atoms with Crippen LogP contribution in [-0.4, -0.2) is 18.7 Å². The third kappa shape index (κ3) is 14.4. The molecule has 4 nitrogen and oxygen atoms in total. The van der Waals surface area contributed by atoms with Crippen molar-refractivity contribution in [3.8, 4) is 0 Å². The van der Waals surface area contributed by atoms with E-state index in [1.807, 2.05) is 0 Å². The van der Waals surface area contributed by atoms with Crippen molar-refractivity contribution in [1.82, 2.24) is 6.15 Å². The van der Waals surface area contributed by atoms with Crippen molar-refractivity contribution in [3.05, 3.63) is 0 Å². The third-order valence-electron chi connectivity index (χ3n) is 2.00. The Labute approximate surface area is 87.4 Å². The van der Waals surface area contributed by atoms with Crippen LogP contribution in [0.2, 0.25) is 0 Å². The van der Waals surface area contributed by atoms with Gasteiger partial charge in [-0.15, -0.1) is 0 Å². The van der Waals surface area contributed by atoms with Crippen LogP contribution in [0.25, 0.3) is 0 Å². The van der Waals surface area contributed by atoms with Gasteiger partial charge in [0.25, 0.3) is 0 Å². The number of quaternary nitrogens is 1. The molecule has 0 saturated heterocycles. The molecule has 0 bridgehead atoms. The molecule has 0 rings (SSSR count). The average molecular weight is 225 g/mol. The van der Waals surface area contributed by atoms with E-state index in [4.69, 9.17) is 0 Å². The highest BCUT2D eigenvalue weighted by molar-refractivity contribution is 7.85. The molecule has 0 spiro atoms. The van der Waals surface area contributed by atoms with E-state index in [0.717, 1.165) is 19.3 Å². The summed E-state index contributed by atoms with van der Waals surface area (Å²) in [6.45, 7) is 2.16. The summed E-state index contributed by atoms with van der Waals surface area (Å²) in [4.78, 5) is 0. The van der Waals surface area contributed by atoms with E-state index < -0.39 is 10.1 Å². The highest BCUT2D eigenvalue weighted by Gasteiger charge is 1.95. The van der Waals surface area contributed by atoms with Gasteiger partial charge >= 0.3 is 0 Å². The highest BCUT2D eigenvalue weighted by atomic mass is 32.2. The first-order chi connectivity index (χ1) is 6.06. The van der Waals surface area contributed by atoms with Gasteiger partial charge in [0, 0.05) is 5.75 Å². The van der Waals surface area contributed by atoms with Gasteiger partial charge < -0.3 is 10.7 Å². The van der Waals surface area contributed by atoms with E-state index in [2.05, 4.69) is 6.92 Å². The zero-order chi connectivity index (χ0) is 10.2. The Balaban J connectivity index is 0. The summed E-state index contributed by atoms with van der Waals surface area (Å²) >= 11 is 0. The van der Waals surface area contributed by atoms with Crippen LogP contribution in [0.1, 0.15) is 51.9 Å². The highest BCUT2D eigenvalue weighted by Crippen LogP contribution is 2.07. The van der Waals surface area contributed by atoms with Gasteiger partial charge in [-0.1, -0.05) is 45.4 Å². The van der Waals surface area contributed by atoms with Gasteiger partial charge in [0.05, 0.1) is 10.1 Å². The van der Waals surface area contributed by atoms with Crippen LogP contribution >= 0.6 is 0 Å². The zero-order valence-electron chi connectivity index (χ0n) is 9.29. The van der Waals surface area contributed by atoms with Gasteiger partial charge in [0.2, 0.25) is 0 Å². The Kier molecular flexibility index (Phi) is 11.0. The van der Waals surface area contributed by atoms with Gasteiger partial charge in [-0.25, -0.2) is 8.42 Å². The molecule has 0 aliphatic rings. The van der Waals surface area contributed by atoms with E-state index in [1.54, 1.807) is 0 Å². The van der Waals surface area contributed by atoms with Crippen LogP contribution < -0.4 is 6.15 Å². The lowest BCUT2D eigenvalue weighted by Gasteiger charge is -2.05. The second kappa shape index (κ2) is 9.43. The zero-order valence-corrected chi connectivity index (χ0v) is 10.1. The van der Waals surface area contributed by atoms with Crippen molar-refractivity contribution < 1.29 is 13.0 Å². The van der Waals surface area contributed by atoms with E-state index in [-0.39, 0.29) is 11.9 Å². The van der Waals surface area contributed by atoms with Crippen molar-refractivity contribution >= 4 is 10.1 Å². The quantitative estimate of drug-likeness (QED) is 0.508. The molecule has 5 heteroatoms. The molecule has 0 amide bonds. The molecule has 4 N–H and O–H groups in total. The summed E-state index contributed by atoms with van der Waals surface area (Å²) in [5, 5.41) is 0. The standard InChI is InChI=1S/C9H20O3S.H3N/c1-2-3-4-5-6-7-8-9-13(10,11)12;/h2-9H2,1H3,(H,10,11,12);1H3. The molecule has 0 aliphatic heterocycles. The Morgan fingerprint density at radius 3 is 1.79 bits per heavy atom. The predicted molar refractivity (Wildman–Crippen MR) is 58.5 cm³/mol.